The predicted molar refractivity (Wildman–Crippen MR) is 154 cm³/mol. The molecule has 0 unspecified atom stereocenters. The molecule has 0 heterocycles. The van der Waals surface area contributed by atoms with E-state index in [9.17, 15) is 9.59 Å². The van der Waals surface area contributed by atoms with Crippen LogP contribution in [-0.4, -0.2) is 46.7 Å². The number of nitrogens with one attached hydrogen (secondary N) is 1. The van der Waals surface area contributed by atoms with Crippen molar-refractivity contribution >= 4 is 17.6 Å². The largest absolute Gasteiger partial charge is 0.436 e. The van der Waals surface area contributed by atoms with Crippen molar-refractivity contribution in [3.05, 3.63) is 11.6 Å². The standard InChI is InChI=1S/C32H53N3O3/c1-21(34-38-28(37)35(30(5,6)7)19-18-33-29(2,3)4)25-12-13-26-24-11-10-22-20-23(36)14-16-31(22,8)27(24)15-17-32(25,26)9/h20,24-27,33H,10-19H2,1-9H3/b34-21+/t24-,25+,26-,27-,31-,32+/m0/s1. The Morgan fingerprint density at radius 3 is 2.42 bits per heavy atom. The van der Waals surface area contributed by atoms with Gasteiger partial charge in [0.2, 0.25) is 0 Å². The molecule has 0 aliphatic heterocycles. The first-order chi connectivity index (χ1) is 17.6. The minimum absolute atomic E-state index is 0.00230. The molecule has 1 N–H and O–H groups in total. The summed E-state index contributed by atoms with van der Waals surface area (Å²) in [6.45, 7) is 20.8. The fourth-order valence-corrected chi connectivity index (χ4v) is 8.71. The summed E-state index contributed by atoms with van der Waals surface area (Å²) in [7, 11) is 0. The molecular formula is C32H53N3O3. The van der Waals surface area contributed by atoms with Crippen molar-refractivity contribution in [3.63, 3.8) is 0 Å². The average Bonchev–Trinajstić information content (AvgIpc) is 3.16. The van der Waals surface area contributed by atoms with Crippen LogP contribution in [0.25, 0.3) is 0 Å². The monoisotopic (exact) mass is 527 g/mol. The Kier molecular flexibility index (Phi) is 8.00. The van der Waals surface area contributed by atoms with Crippen LogP contribution in [0.4, 0.5) is 4.79 Å². The molecule has 4 aliphatic rings. The number of nitrogens with zero attached hydrogens (tertiary/aromatic N) is 2. The Labute approximate surface area is 231 Å². The smallest absolute Gasteiger partial charge is 0.310 e. The first-order valence-electron chi connectivity index (χ1n) is 15.1. The molecule has 6 heteroatoms. The van der Waals surface area contributed by atoms with E-state index in [1.165, 1.54) is 31.3 Å². The van der Waals surface area contributed by atoms with Gasteiger partial charge in [0.25, 0.3) is 0 Å². The van der Waals surface area contributed by atoms with E-state index in [4.69, 9.17) is 4.84 Å². The number of hydrogen-bond donors (Lipinski definition) is 1. The maximum Gasteiger partial charge on any atom is 0.436 e. The topological polar surface area (TPSA) is 71.0 Å². The number of carbonyl (C=O) groups excluding carboxylic acids is 2. The second kappa shape index (κ2) is 10.4. The lowest BCUT2D eigenvalue weighted by Crippen LogP contribution is -2.51. The first kappa shape index (κ1) is 29.3. The van der Waals surface area contributed by atoms with Crippen LogP contribution in [0.15, 0.2) is 16.8 Å². The highest BCUT2D eigenvalue weighted by atomic mass is 16.7. The van der Waals surface area contributed by atoms with Gasteiger partial charge in [-0.2, -0.15) is 0 Å². The molecule has 1 amide bonds. The molecule has 0 saturated heterocycles. The zero-order valence-corrected chi connectivity index (χ0v) is 25.6. The van der Waals surface area contributed by atoms with E-state index < -0.39 is 0 Å². The second-order valence-electron chi connectivity index (χ2n) is 15.2. The molecule has 38 heavy (non-hydrogen) atoms. The SMILES string of the molecule is C/C(=N\OC(=O)N(CCNC(C)(C)C)C(C)(C)C)[C@H]1CC[C@H]2[C@@H]3CCC4=CC(=O)CC[C@]4(C)[C@H]3CC[C@]12C. The number of rotatable bonds is 5. The van der Waals surface area contributed by atoms with Crippen molar-refractivity contribution in [1.29, 1.82) is 0 Å². The molecule has 4 aliphatic carbocycles. The van der Waals surface area contributed by atoms with Crippen LogP contribution >= 0.6 is 0 Å². The summed E-state index contributed by atoms with van der Waals surface area (Å²) < 4.78 is 0. The average molecular weight is 528 g/mol. The van der Waals surface area contributed by atoms with Crippen LogP contribution in [-0.2, 0) is 9.63 Å². The summed E-state index contributed by atoms with van der Waals surface area (Å²) in [5.41, 5.74) is 2.44. The fourth-order valence-electron chi connectivity index (χ4n) is 8.71. The van der Waals surface area contributed by atoms with Gasteiger partial charge < -0.3 is 10.2 Å². The van der Waals surface area contributed by atoms with Crippen molar-refractivity contribution in [2.24, 2.45) is 39.7 Å². The van der Waals surface area contributed by atoms with Gasteiger partial charge in [0, 0.05) is 36.5 Å². The van der Waals surface area contributed by atoms with Gasteiger partial charge in [-0.3, -0.25) is 9.63 Å². The molecule has 6 nitrogen and oxygen atoms in total. The minimum Gasteiger partial charge on any atom is -0.310 e. The molecule has 0 spiro atoms. The van der Waals surface area contributed by atoms with Gasteiger partial charge in [-0.15, -0.1) is 0 Å². The van der Waals surface area contributed by atoms with E-state index in [0.29, 0.717) is 43.0 Å². The first-order valence-corrected chi connectivity index (χ1v) is 15.1. The van der Waals surface area contributed by atoms with Gasteiger partial charge in [0.05, 0.1) is 5.71 Å². The molecule has 214 valence electrons. The van der Waals surface area contributed by atoms with Gasteiger partial charge in [0.1, 0.15) is 0 Å². The molecule has 3 fully saturated rings. The van der Waals surface area contributed by atoms with Gasteiger partial charge in [-0.05, 0) is 128 Å². The highest BCUT2D eigenvalue weighted by Gasteiger charge is 2.59. The number of hydrogen-bond acceptors (Lipinski definition) is 5. The quantitative estimate of drug-likeness (QED) is 0.234. The van der Waals surface area contributed by atoms with E-state index in [0.717, 1.165) is 30.9 Å². The molecule has 0 aromatic heterocycles. The summed E-state index contributed by atoms with van der Waals surface area (Å²) in [6.07, 6.45) is 10.4. The summed E-state index contributed by atoms with van der Waals surface area (Å²) >= 11 is 0. The van der Waals surface area contributed by atoms with E-state index in [1.807, 2.05) is 26.8 Å². The second-order valence-corrected chi connectivity index (χ2v) is 15.2. The van der Waals surface area contributed by atoms with E-state index in [2.05, 4.69) is 52.0 Å². The molecule has 0 bridgehead atoms. The lowest BCUT2D eigenvalue weighted by Gasteiger charge is -2.58. The van der Waals surface area contributed by atoms with Crippen LogP contribution in [0.1, 0.15) is 114 Å². The fraction of sp³-hybridized carbons (Fsp3) is 0.844. The normalized spacial score (nSPS) is 35.7. The van der Waals surface area contributed by atoms with Crippen LogP contribution < -0.4 is 5.32 Å². The minimum atomic E-state index is -0.373. The summed E-state index contributed by atoms with van der Waals surface area (Å²) in [5, 5.41) is 7.95. The van der Waals surface area contributed by atoms with Gasteiger partial charge in [-0.25, -0.2) is 4.79 Å². The maximum absolute atomic E-state index is 13.1. The van der Waals surface area contributed by atoms with Crippen molar-refractivity contribution in [2.45, 2.75) is 125 Å². The van der Waals surface area contributed by atoms with Gasteiger partial charge in [-0.1, -0.05) is 24.6 Å². The van der Waals surface area contributed by atoms with Crippen LogP contribution in [0.3, 0.4) is 0 Å². The Bertz CT molecular complexity index is 987. The number of fused-ring (bicyclic) bond motifs is 5. The molecule has 3 saturated carbocycles. The van der Waals surface area contributed by atoms with Gasteiger partial charge in [0.15, 0.2) is 5.78 Å². The lowest BCUT2D eigenvalue weighted by molar-refractivity contribution is -0.117. The molecule has 0 aromatic carbocycles. The molecular weight excluding hydrogens is 474 g/mol. The highest BCUT2D eigenvalue weighted by molar-refractivity contribution is 5.91. The Hall–Kier alpha value is -1.69. The van der Waals surface area contributed by atoms with Crippen molar-refractivity contribution in [3.8, 4) is 0 Å². The Morgan fingerprint density at radius 1 is 1.05 bits per heavy atom. The Balaban J connectivity index is 1.44. The number of carbonyl (C=O) groups is 2. The third kappa shape index (κ3) is 5.62. The highest BCUT2D eigenvalue weighted by Crippen LogP contribution is 2.66. The third-order valence-corrected chi connectivity index (χ3v) is 10.8. The van der Waals surface area contributed by atoms with Crippen molar-refractivity contribution < 1.29 is 14.4 Å². The predicted octanol–water partition coefficient (Wildman–Crippen LogP) is 7.14. The molecule has 4 rings (SSSR count). The zero-order valence-electron chi connectivity index (χ0n) is 25.6. The number of oxime groups is 1. The summed E-state index contributed by atoms with van der Waals surface area (Å²) in [6, 6.07) is 0. The molecule has 0 aromatic rings. The zero-order chi connectivity index (χ0) is 28.1. The van der Waals surface area contributed by atoms with Crippen LogP contribution in [0.2, 0.25) is 0 Å². The van der Waals surface area contributed by atoms with Crippen molar-refractivity contribution in [2.75, 3.05) is 13.1 Å². The summed E-state index contributed by atoms with van der Waals surface area (Å²) in [4.78, 5) is 32.7. The van der Waals surface area contributed by atoms with Crippen LogP contribution in [0.5, 0.6) is 0 Å². The maximum atomic E-state index is 13.1. The molecule has 6 atom stereocenters. The number of amides is 1. The lowest BCUT2D eigenvalue weighted by atomic mass is 9.46. The van der Waals surface area contributed by atoms with Crippen LogP contribution in [0, 0.1) is 34.5 Å². The van der Waals surface area contributed by atoms with E-state index >= 15 is 0 Å². The van der Waals surface area contributed by atoms with Crippen molar-refractivity contribution in [1.82, 2.24) is 10.2 Å². The van der Waals surface area contributed by atoms with E-state index in [-0.39, 0.29) is 28.0 Å². The summed E-state index contributed by atoms with van der Waals surface area (Å²) in [5.74, 6) is 2.76. The van der Waals surface area contributed by atoms with Gasteiger partial charge >= 0.3 is 6.09 Å². The molecule has 0 radical (unpaired) electrons. The number of ketones is 1. The Morgan fingerprint density at radius 2 is 1.76 bits per heavy atom. The third-order valence-electron chi connectivity index (χ3n) is 10.8. The van der Waals surface area contributed by atoms with E-state index in [1.54, 1.807) is 4.90 Å². The number of allylic oxidation sites excluding steroid dienone is 1.